The summed E-state index contributed by atoms with van der Waals surface area (Å²) in [5, 5.41) is 0. The molecule has 3 aromatic rings. The highest BCUT2D eigenvalue weighted by Gasteiger charge is 2.32. The van der Waals surface area contributed by atoms with E-state index in [1.54, 1.807) is 0 Å². The van der Waals surface area contributed by atoms with Gasteiger partial charge in [0.05, 0.1) is 11.1 Å². The zero-order chi connectivity index (χ0) is 23.0. The minimum absolute atomic E-state index is 0.0888. The van der Waals surface area contributed by atoms with Crippen molar-refractivity contribution in [3.05, 3.63) is 76.9 Å². The standard InChI is InChI=1S/C21H13F8NO/c1-2-15-16(22)18(11-6-8-12(9-7-11)20(24,25)26)30-19(17(15)23)31-14-5-3-4-13(10-14)21(27,28)29/h3-10H,2H2,1H3. The summed E-state index contributed by atoms with van der Waals surface area (Å²) >= 11 is 0. The molecule has 0 amide bonds. The first-order valence-corrected chi connectivity index (χ1v) is 8.82. The molecule has 2 nitrogen and oxygen atoms in total. The molecule has 0 unspecified atom stereocenters. The lowest BCUT2D eigenvalue weighted by Crippen LogP contribution is -2.07. The smallest absolute Gasteiger partial charge is 0.416 e. The molecule has 0 atom stereocenters. The number of ether oxygens (including phenoxy) is 1. The highest BCUT2D eigenvalue weighted by Crippen LogP contribution is 2.36. The molecule has 0 N–H and O–H groups in total. The summed E-state index contributed by atoms with van der Waals surface area (Å²) in [7, 11) is 0. The van der Waals surface area contributed by atoms with E-state index in [1.807, 2.05) is 0 Å². The van der Waals surface area contributed by atoms with Crippen LogP contribution in [0.25, 0.3) is 11.3 Å². The fourth-order valence-electron chi connectivity index (χ4n) is 2.80. The van der Waals surface area contributed by atoms with E-state index in [4.69, 9.17) is 4.74 Å². The molecule has 0 spiro atoms. The lowest BCUT2D eigenvalue weighted by molar-refractivity contribution is -0.138. The van der Waals surface area contributed by atoms with Gasteiger partial charge in [-0.05, 0) is 36.8 Å². The fourth-order valence-corrected chi connectivity index (χ4v) is 2.80. The Kier molecular flexibility index (Phi) is 5.93. The summed E-state index contributed by atoms with van der Waals surface area (Å²) in [4.78, 5) is 3.69. The molecule has 1 heterocycles. The van der Waals surface area contributed by atoms with Crippen LogP contribution in [0.3, 0.4) is 0 Å². The average Bonchev–Trinajstić information content (AvgIpc) is 2.69. The van der Waals surface area contributed by atoms with Crippen LogP contribution in [0.1, 0.15) is 23.6 Å². The van der Waals surface area contributed by atoms with Gasteiger partial charge < -0.3 is 4.74 Å². The number of alkyl halides is 6. The van der Waals surface area contributed by atoms with Gasteiger partial charge in [0.2, 0.25) is 0 Å². The van der Waals surface area contributed by atoms with Gasteiger partial charge >= 0.3 is 12.4 Å². The number of pyridine rings is 1. The highest BCUT2D eigenvalue weighted by molar-refractivity contribution is 5.62. The molecule has 0 bridgehead atoms. The molecule has 10 heteroatoms. The molecule has 0 aliphatic rings. The summed E-state index contributed by atoms with van der Waals surface area (Å²) in [5.74, 6) is -3.51. The number of aromatic nitrogens is 1. The van der Waals surface area contributed by atoms with E-state index in [-0.39, 0.29) is 12.0 Å². The van der Waals surface area contributed by atoms with E-state index in [0.29, 0.717) is 18.2 Å². The predicted octanol–water partition coefficient (Wildman–Crippen LogP) is 7.42. The van der Waals surface area contributed by atoms with Crippen molar-refractivity contribution in [2.24, 2.45) is 0 Å². The van der Waals surface area contributed by atoms with Gasteiger partial charge in [0.15, 0.2) is 11.6 Å². The van der Waals surface area contributed by atoms with Gasteiger partial charge in [0, 0.05) is 11.1 Å². The van der Waals surface area contributed by atoms with Crippen LogP contribution in [-0.2, 0) is 18.8 Å². The van der Waals surface area contributed by atoms with Crippen LogP contribution in [0.5, 0.6) is 11.6 Å². The largest absolute Gasteiger partial charge is 0.436 e. The minimum atomic E-state index is -4.67. The molecule has 0 radical (unpaired) electrons. The van der Waals surface area contributed by atoms with E-state index in [2.05, 4.69) is 4.98 Å². The van der Waals surface area contributed by atoms with E-state index in [1.165, 1.54) is 6.92 Å². The zero-order valence-electron chi connectivity index (χ0n) is 15.7. The summed E-state index contributed by atoms with van der Waals surface area (Å²) in [6.07, 6.45) is -9.44. The van der Waals surface area contributed by atoms with Crippen LogP contribution in [0, 0.1) is 11.6 Å². The van der Waals surface area contributed by atoms with Crippen LogP contribution in [0.2, 0.25) is 0 Å². The Morgan fingerprint density at radius 1 is 0.806 bits per heavy atom. The van der Waals surface area contributed by atoms with Crippen LogP contribution >= 0.6 is 0 Å². The van der Waals surface area contributed by atoms with Crippen molar-refractivity contribution < 1.29 is 39.9 Å². The van der Waals surface area contributed by atoms with Crippen LogP contribution in [0.15, 0.2) is 48.5 Å². The van der Waals surface area contributed by atoms with E-state index >= 15 is 0 Å². The maximum atomic E-state index is 14.8. The second-order valence-electron chi connectivity index (χ2n) is 6.43. The Morgan fingerprint density at radius 3 is 1.97 bits per heavy atom. The maximum absolute atomic E-state index is 14.8. The van der Waals surface area contributed by atoms with Crippen molar-refractivity contribution in [2.45, 2.75) is 25.7 Å². The normalized spacial score (nSPS) is 12.2. The minimum Gasteiger partial charge on any atom is -0.436 e. The zero-order valence-corrected chi connectivity index (χ0v) is 15.7. The Labute approximate surface area is 171 Å². The molecular weight excluding hydrogens is 434 g/mol. The first kappa shape index (κ1) is 22.5. The summed E-state index contributed by atoms with van der Waals surface area (Å²) in [6, 6.07) is 6.90. The third kappa shape index (κ3) is 4.78. The molecule has 164 valence electrons. The van der Waals surface area contributed by atoms with E-state index < -0.39 is 58.0 Å². The summed E-state index contributed by atoms with van der Waals surface area (Å²) in [5.41, 5.74) is -3.07. The van der Waals surface area contributed by atoms with Crippen molar-refractivity contribution >= 4 is 0 Å². The fraction of sp³-hybridized carbons (Fsp3) is 0.190. The number of benzene rings is 2. The molecule has 2 aromatic carbocycles. The third-order valence-electron chi connectivity index (χ3n) is 4.35. The maximum Gasteiger partial charge on any atom is 0.416 e. The van der Waals surface area contributed by atoms with Gasteiger partial charge in [0.1, 0.15) is 11.4 Å². The van der Waals surface area contributed by atoms with E-state index in [0.717, 1.165) is 30.3 Å². The topological polar surface area (TPSA) is 22.1 Å². The Balaban J connectivity index is 2.07. The SMILES string of the molecule is CCc1c(F)c(Oc2cccc(C(F)(F)F)c2)nc(-c2ccc(C(F)(F)F)cc2)c1F. The number of nitrogens with zero attached hydrogens (tertiary/aromatic N) is 1. The molecule has 0 saturated heterocycles. The van der Waals surface area contributed by atoms with Gasteiger partial charge in [-0.2, -0.15) is 26.3 Å². The average molecular weight is 447 g/mol. The lowest BCUT2D eigenvalue weighted by Gasteiger charge is -2.14. The number of hydrogen-bond acceptors (Lipinski definition) is 2. The first-order chi connectivity index (χ1) is 14.4. The third-order valence-corrected chi connectivity index (χ3v) is 4.35. The number of halogens is 8. The van der Waals surface area contributed by atoms with Gasteiger partial charge in [-0.25, -0.2) is 13.8 Å². The molecule has 0 aliphatic carbocycles. The number of hydrogen-bond donors (Lipinski definition) is 0. The summed E-state index contributed by atoms with van der Waals surface area (Å²) in [6.45, 7) is 1.42. The van der Waals surface area contributed by atoms with Crippen LogP contribution in [-0.4, -0.2) is 4.98 Å². The molecule has 31 heavy (non-hydrogen) atoms. The first-order valence-electron chi connectivity index (χ1n) is 8.82. The quantitative estimate of drug-likeness (QED) is 0.389. The number of rotatable bonds is 4. The monoisotopic (exact) mass is 447 g/mol. The van der Waals surface area contributed by atoms with E-state index in [9.17, 15) is 35.1 Å². The predicted molar refractivity (Wildman–Crippen MR) is 95.5 cm³/mol. The highest BCUT2D eigenvalue weighted by atomic mass is 19.4. The van der Waals surface area contributed by atoms with Crippen molar-refractivity contribution in [3.63, 3.8) is 0 Å². The van der Waals surface area contributed by atoms with Gasteiger partial charge in [-0.15, -0.1) is 0 Å². The van der Waals surface area contributed by atoms with Crippen molar-refractivity contribution in [1.29, 1.82) is 0 Å². The molecular formula is C21H13F8NO. The molecule has 0 aliphatic heterocycles. The molecule has 0 fully saturated rings. The van der Waals surface area contributed by atoms with Crippen molar-refractivity contribution in [1.82, 2.24) is 4.98 Å². The van der Waals surface area contributed by atoms with Gasteiger partial charge in [-0.3, -0.25) is 0 Å². The summed E-state index contributed by atoms with van der Waals surface area (Å²) < 4.78 is 112. The lowest BCUT2D eigenvalue weighted by atomic mass is 10.0. The Bertz CT molecular complexity index is 1090. The van der Waals surface area contributed by atoms with Crippen molar-refractivity contribution in [2.75, 3.05) is 0 Å². The Hall–Kier alpha value is -3.17. The van der Waals surface area contributed by atoms with Crippen LogP contribution in [0.4, 0.5) is 35.1 Å². The van der Waals surface area contributed by atoms with Gasteiger partial charge in [0.25, 0.3) is 5.88 Å². The van der Waals surface area contributed by atoms with Crippen LogP contribution < -0.4 is 4.74 Å². The molecule has 3 rings (SSSR count). The van der Waals surface area contributed by atoms with Gasteiger partial charge in [-0.1, -0.05) is 25.1 Å². The second kappa shape index (κ2) is 8.16. The molecule has 1 aromatic heterocycles. The molecule has 0 saturated carbocycles. The second-order valence-corrected chi connectivity index (χ2v) is 6.43. The van der Waals surface area contributed by atoms with Crippen molar-refractivity contribution in [3.8, 4) is 22.9 Å². The Morgan fingerprint density at radius 2 is 1.42 bits per heavy atom.